The van der Waals surface area contributed by atoms with E-state index in [-0.39, 0.29) is 41.9 Å². The SMILES string of the molecule is CCS(=O)(=O)c1ccc(CNC(=O)c2cnc3c(c2)nc(C[C@H]2CC[C@H](C(F)(F)F)CC2)n3C2CC2)cc1. The van der Waals surface area contributed by atoms with Crippen LogP contribution in [0.2, 0.25) is 0 Å². The molecule has 2 aliphatic carbocycles. The van der Waals surface area contributed by atoms with Crippen molar-refractivity contribution in [1.29, 1.82) is 0 Å². The molecule has 1 aromatic carbocycles. The molecule has 2 aromatic heterocycles. The number of carbonyl (C=O) groups excluding carboxylic acids is 1. The number of halogens is 3. The van der Waals surface area contributed by atoms with E-state index in [1.807, 2.05) is 0 Å². The molecular formula is C27H31F3N4O3S. The van der Waals surface area contributed by atoms with Crippen molar-refractivity contribution in [3.05, 3.63) is 53.5 Å². The van der Waals surface area contributed by atoms with Crippen molar-refractivity contribution in [3.63, 3.8) is 0 Å². The van der Waals surface area contributed by atoms with Crippen LogP contribution in [0.5, 0.6) is 0 Å². The first-order chi connectivity index (χ1) is 18.0. The number of fused-ring (bicyclic) bond motifs is 1. The van der Waals surface area contributed by atoms with Crippen molar-refractivity contribution < 1.29 is 26.4 Å². The standard InChI is InChI=1S/C27H31F3N4O3S/c1-2-38(36,37)22-11-5-18(6-12-22)15-32-26(35)19-14-23-25(31-16-19)34(21-9-10-21)24(33-23)13-17-3-7-20(8-4-17)27(28,29)30/h5-6,11-12,14,16-17,20-21H,2-4,7-10,13,15H2,1H3,(H,32,35)/t17-,20-. The average Bonchev–Trinajstić information content (AvgIpc) is 3.67. The molecule has 3 aromatic rings. The Bertz CT molecular complexity index is 1420. The first-order valence-corrected chi connectivity index (χ1v) is 14.7. The van der Waals surface area contributed by atoms with Gasteiger partial charge in [0.05, 0.1) is 22.1 Å². The van der Waals surface area contributed by atoms with Crippen molar-refractivity contribution >= 4 is 26.9 Å². The molecule has 0 unspecified atom stereocenters. The normalized spacial score (nSPS) is 20.5. The van der Waals surface area contributed by atoms with Gasteiger partial charge >= 0.3 is 6.18 Å². The summed E-state index contributed by atoms with van der Waals surface area (Å²) < 4.78 is 65.2. The number of pyridine rings is 1. The molecule has 0 radical (unpaired) electrons. The molecule has 1 amide bonds. The van der Waals surface area contributed by atoms with Crippen molar-refractivity contribution in [2.75, 3.05) is 5.75 Å². The highest BCUT2D eigenvalue weighted by Crippen LogP contribution is 2.42. The lowest BCUT2D eigenvalue weighted by molar-refractivity contribution is -0.183. The highest BCUT2D eigenvalue weighted by Gasteiger charge is 2.41. The summed E-state index contributed by atoms with van der Waals surface area (Å²) in [7, 11) is -3.28. The predicted octanol–water partition coefficient (Wildman–Crippen LogP) is 5.40. The molecule has 0 saturated heterocycles. The van der Waals surface area contributed by atoms with Crippen molar-refractivity contribution in [2.45, 2.75) is 75.5 Å². The number of alkyl halides is 3. The van der Waals surface area contributed by atoms with Crippen molar-refractivity contribution in [1.82, 2.24) is 19.9 Å². The second kappa shape index (κ2) is 10.3. The monoisotopic (exact) mass is 548 g/mol. The lowest BCUT2D eigenvalue weighted by Crippen LogP contribution is -2.28. The predicted molar refractivity (Wildman–Crippen MR) is 136 cm³/mol. The maximum absolute atomic E-state index is 13.1. The molecule has 2 saturated carbocycles. The second-order valence-electron chi connectivity index (χ2n) is 10.4. The summed E-state index contributed by atoms with van der Waals surface area (Å²) in [6, 6.07) is 8.43. The topological polar surface area (TPSA) is 93.9 Å². The number of imidazole rings is 1. The molecule has 0 atom stereocenters. The number of amides is 1. The number of aromatic nitrogens is 3. The van der Waals surface area contributed by atoms with Crippen LogP contribution in [-0.4, -0.2) is 40.8 Å². The number of hydrogen-bond acceptors (Lipinski definition) is 5. The van der Waals surface area contributed by atoms with Gasteiger partial charge in [0.1, 0.15) is 11.3 Å². The van der Waals surface area contributed by atoms with E-state index in [2.05, 4.69) is 14.9 Å². The van der Waals surface area contributed by atoms with Gasteiger partial charge < -0.3 is 9.88 Å². The fourth-order valence-electron chi connectivity index (χ4n) is 5.23. The number of carbonyl (C=O) groups is 1. The van der Waals surface area contributed by atoms with Gasteiger partial charge in [-0.15, -0.1) is 0 Å². The third-order valence-electron chi connectivity index (χ3n) is 7.67. The fraction of sp³-hybridized carbons (Fsp3) is 0.519. The summed E-state index contributed by atoms with van der Waals surface area (Å²) in [5.41, 5.74) is 2.44. The Hall–Kier alpha value is -2.95. The van der Waals surface area contributed by atoms with E-state index in [4.69, 9.17) is 4.98 Å². The minimum absolute atomic E-state index is 0.0238. The number of nitrogens with one attached hydrogen (secondary N) is 1. The average molecular weight is 549 g/mol. The van der Waals surface area contributed by atoms with E-state index in [1.54, 1.807) is 25.1 Å². The molecule has 0 bridgehead atoms. The van der Waals surface area contributed by atoms with Gasteiger partial charge in [-0.1, -0.05) is 19.1 Å². The highest BCUT2D eigenvalue weighted by atomic mass is 32.2. The summed E-state index contributed by atoms with van der Waals surface area (Å²) in [6.07, 6.45) is 1.44. The van der Waals surface area contributed by atoms with Crippen molar-refractivity contribution in [2.24, 2.45) is 11.8 Å². The van der Waals surface area contributed by atoms with Crippen LogP contribution in [0.1, 0.15) is 73.2 Å². The summed E-state index contributed by atoms with van der Waals surface area (Å²) >= 11 is 0. The first-order valence-electron chi connectivity index (χ1n) is 13.1. The Balaban J connectivity index is 1.27. The summed E-state index contributed by atoms with van der Waals surface area (Å²) in [6.45, 7) is 1.82. The van der Waals surface area contributed by atoms with Crippen LogP contribution in [0, 0.1) is 11.8 Å². The Morgan fingerprint density at radius 1 is 1.08 bits per heavy atom. The van der Waals surface area contributed by atoms with Crippen LogP contribution in [0.3, 0.4) is 0 Å². The van der Waals surface area contributed by atoms with Gasteiger partial charge in [-0.3, -0.25) is 4.79 Å². The molecule has 0 spiro atoms. The Kier molecular flexibility index (Phi) is 7.23. The van der Waals surface area contributed by atoms with E-state index in [9.17, 15) is 26.4 Å². The van der Waals surface area contributed by atoms with Gasteiger partial charge in [-0.2, -0.15) is 13.2 Å². The lowest BCUT2D eigenvalue weighted by atomic mass is 9.80. The molecular weight excluding hydrogens is 517 g/mol. The van der Waals surface area contributed by atoms with Crippen LogP contribution >= 0.6 is 0 Å². The Morgan fingerprint density at radius 3 is 2.37 bits per heavy atom. The molecule has 1 N–H and O–H groups in total. The molecule has 7 nitrogen and oxygen atoms in total. The van der Waals surface area contributed by atoms with Gasteiger partial charge in [-0.05, 0) is 68.2 Å². The molecule has 0 aliphatic heterocycles. The van der Waals surface area contributed by atoms with Crippen LogP contribution in [0.15, 0.2) is 41.4 Å². The molecule has 2 aliphatic rings. The summed E-state index contributed by atoms with van der Waals surface area (Å²) in [5.74, 6) is -0.506. The second-order valence-corrected chi connectivity index (χ2v) is 12.7. The number of benzene rings is 1. The van der Waals surface area contributed by atoms with E-state index < -0.39 is 21.9 Å². The van der Waals surface area contributed by atoms with E-state index in [0.29, 0.717) is 42.0 Å². The maximum Gasteiger partial charge on any atom is 0.391 e. The number of nitrogens with zero attached hydrogens (tertiary/aromatic N) is 3. The summed E-state index contributed by atoms with van der Waals surface area (Å²) in [5, 5.41) is 2.84. The molecule has 2 heterocycles. The highest BCUT2D eigenvalue weighted by molar-refractivity contribution is 7.91. The van der Waals surface area contributed by atoms with Gasteiger partial charge in [0.2, 0.25) is 0 Å². The molecule has 11 heteroatoms. The smallest absolute Gasteiger partial charge is 0.348 e. The maximum atomic E-state index is 13.1. The quantitative estimate of drug-likeness (QED) is 0.407. The fourth-order valence-corrected chi connectivity index (χ4v) is 6.12. The zero-order valence-corrected chi connectivity index (χ0v) is 22.0. The number of hydrogen-bond donors (Lipinski definition) is 1. The molecule has 204 valence electrons. The minimum Gasteiger partial charge on any atom is -0.348 e. The lowest BCUT2D eigenvalue weighted by Gasteiger charge is -2.29. The number of sulfone groups is 1. The van der Waals surface area contributed by atoms with Crippen LogP contribution in [0.4, 0.5) is 13.2 Å². The molecule has 5 rings (SSSR count). The minimum atomic E-state index is -4.12. The van der Waals surface area contributed by atoms with Crippen LogP contribution in [-0.2, 0) is 22.8 Å². The first kappa shape index (κ1) is 26.6. The van der Waals surface area contributed by atoms with E-state index >= 15 is 0 Å². The summed E-state index contributed by atoms with van der Waals surface area (Å²) in [4.78, 5) is 22.4. The van der Waals surface area contributed by atoms with Crippen LogP contribution < -0.4 is 5.32 Å². The third-order valence-corrected chi connectivity index (χ3v) is 9.42. The van der Waals surface area contributed by atoms with E-state index in [1.165, 1.54) is 18.3 Å². The van der Waals surface area contributed by atoms with E-state index in [0.717, 1.165) is 24.2 Å². The van der Waals surface area contributed by atoms with Gasteiger partial charge in [-0.25, -0.2) is 18.4 Å². The van der Waals surface area contributed by atoms with Crippen molar-refractivity contribution in [3.8, 4) is 0 Å². The largest absolute Gasteiger partial charge is 0.391 e. The van der Waals surface area contributed by atoms with Gasteiger partial charge in [0.15, 0.2) is 15.5 Å². The van der Waals surface area contributed by atoms with Gasteiger partial charge in [0.25, 0.3) is 5.91 Å². The number of rotatable bonds is 8. The Morgan fingerprint density at radius 2 is 1.76 bits per heavy atom. The molecule has 38 heavy (non-hydrogen) atoms. The third kappa shape index (κ3) is 5.72. The zero-order valence-electron chi connectivity index (χ0n) is 21.2. The molecule has 2 fully saturated rings. The van der Waals surface area contributed by atoms with Crippen LogP contribution in [0.25, 0.3) is 11.2 Å². The Labute approximate surface area is 219 Å². The van der Waals surface area contributed by atoms with Gasteiger partial charge in [0, 0.05) is 25.2 Å². The zero-order chi connectivity index (χ0) is 27.1.